The lowest BCUT2D eigenvalue weighted by atomic mass is 10.1. The summed E-state index contributed by atoms with van der Waals surface area (Å²) in [7, 11) is -0.192. The van der Waals surface area contributed by atoms with Crippen LogP contribution in [0.4, 0.5) is 0 Å². The molecule has 0 radical (unpaired) electrons. The van der Waals surface area contributed by atoms with Gasteiger partial charge in [-0.25, -0.2) is 0 Å². The summed E-state index contributed by atoms with van der Waals surface area (Å²) >= 11 is 0. The van der Waals surface area contributed by atoms with Gasteiger partial charge in [-0.2, -0.15) is 0 Å². The largest absolute Gasteiger partial charge is 0.357 e. The van der Waals surface area contributed by atoms with Crippen molar-refractivity contribution in [3.63, 3.8) is 0 Å². The number of ether oxygens (including phenoxy) is 2. The lowest BCUT2D eigenvalue weighted by Crippen LogP contribution is -2.24. The summed E-state index contributed by atoms with van der Waals surface area (Å²) in [6.45, 7) is 7.96. The van der Waals surface area contributed by atoms with E-state index in [1.165, 1.54) is 63.8 Å². The van der Waals surface area contributed by atoms with Gasteiger partial charge in [0.2, 0.25) is 0 Å². The van der Waals surface area contributed by atoms with Crippen LogP contribution >= 0.6 is 0 Å². The molecule has 116 valence electrons. The maximum Gasteiger partial charge on any atom is 0.134 e. The highest BCUT2D eigenvalue weighted by molar-refractivity contribution is 6.36. The molecule has 19 heavy (non-hydrogen) atoms. The van der Waals surface area contributed by atoms with Crippen molar-refractivity contribution >= 4 is 9.52 Å². The van der Waals surface area contributed by atoms with Crippen molar-refractivity contribution in [1.29, 1.82) is 0 Å². The molecule has 3 heteroatoms. The monoisotopic (exact) mass is 288 g/mol. The van der Waals surface area contributed by atoms with Gasteiger partial charge >= 0.3 is 0 Å². The third kappa shape index (κ3) is 14.4. The summed E-state index contributed by atoms with van der Waals surface area (Å²) in [4.78, 5) is 0. The predicted molar refractivity (Wildman–Crippen MR) is 87.6 cm³/mol. The number of hydrogen-bond donors (Lipinski definition) is 0. The molecule has 0 bridgehead atoms. The standard InChI is InChI=1S/C16H36O2Si/c1-4-7-8-9-10-11-12-13-14-15-19-16(17-5-2)18-6-3/h16H,4-15,19H2,1-3H3. The average Bonchev–Trinajstić information content (AvgIpc) is 2.41. The summed E-state index contributed by atoms with van der Waals surface area (Å²) in [6, 6.07) is 1.38. The minimum atomic E-state index is -0.192. The second kappa shape index (κ2) is 16.2. The van der Waals surface area contributed by atoms with Crippen LogP contribution in [0.3, 0.4) is 0 Å². The Labute approximate surface area is 123 Å². The van der Waals surface area contributed by atoms with Crippen molar-refractivity contribution in [2.24, 2.45) is 0 Å². The molecule has 0 atom stereocenters. The van der Waals surface area contributed by atoms with E-state index in [0.717, 1.165) is 13.2 Å². The van der Waals surface area contributed by atoms with E-state index in [1.54, 1.807) is 0 Å². The summed E-state index contributed by atoms with van der Waals surface area (Å²) in [6.07, 6.45) is 12.8. The van der Waals surface area contributed by atoms with E-state index >= 15 is 0 Å². The maximum absolute atomic E-state index is 5.60. The van der Waals surface area contributed by atoms with Crippen LogP contribution in [0.25, 0.3) is 0 Å². The Bertz CT molecular complexity index is 159. The maximum atomic E-state index is 5.60. The van der Waals surface area contributed by atoms with Crippen LogP contribution in [0, 0.1) is 0 Å². The highest BCUT2D eigenvalue weighted by Gasteiger charge is 2.07. The van der Waals surface area contributed by atoms with E-state index in [0.29, 0.717) is 0 Å². The SMILES string of the molecule is CCCCCCCCCCC[SiH2]C(OCC)OCC. The zero-order chi connectivity index (χ0) is 14.2. The number of rotatable bonds is 15. The second-order valence-corrected chi connectivity index (χ2v) is 7.26. The van der Waals surface area contributed by atoms with Gasteiger partial charge in [-0.3, -0.25) is 0 Å². The van der Waals surface area contributed by atoms with Gasteiger partial charge in [-0.15, -0.1) is 0 Å². The van der Waals surface area contributed by atoms with Gasteiger partial charge in [0, 0.05) is 13.2 Å². The minimum Gasteiger partial charge on any atom is -0.357 e. The van der Waals surface area contributed by atoms with Crippen molar-refractivity contribution in [2.45, 2.75) is 90.5 Å². The highest BCUT2D eigenvalue weighted by Crippen LogP contribution is 2.11. The van der Waals surface area contributed by atoms with E-state index < -0.39 is 0 Å². The fourth-order valence-corrected chi connectivity index (χ4v) is 4.17. The summed E-state index contributed by atoms with van der Waals surface area (Å²) in [5.74, 6) is 0.170. The smallest absolute Gasteiger partial charge is 0.134 e. The van der Waals surface area contributed by atoms with Crippen LogP contribution in [0.5, 0.6) is 0 Å². The fourth-order valence-electron chi connectivity index (χ4n) is 2.39. The summed E-state index contributed by atoms with van der Waals surface area (Å²) < 4.78 is 11.2. The molecule has 0 saturated carbocycles. The highest BCUT2D eigenvalue weighted by atomic mass is 28.2. The number of unbranched alkanes of at least 4 members (excludes halogenated alkanes) is 8. The quantitative estimate of drug-likeness (QED) is 0.252. The molecular weight excluding hydrogens is 252 g/mol. The minimum absolute atomic E-state index is 0.170. The molecule has 0 aliphatic heterocycles. The van der Waals surface area contributed by atoms with Crippen molar-refractivity contribution < 1.29 is 9.47 Å². The van der Waals surface area contributed by atoms with Gasteiger partial charge in [-0.05, 0) is 13.8 Å². The molecule has 0 aromatic carbocycles. The van der Waals surface area contributed by atoms with Crippen LogP contribution < -0.4 is 0 Å². The Hall–Kier alpha value is 0.137. The van der Waals surface area contributed by atoms with Crippen LogP contribution in [-0.2, 0) is 9.47 Å². The Kier molecular flexibility index (Phi) is 16.3. The molecule has 0 aliphatic carbocycles. The molecule has 0 saturated heterocycles. The lowest BCUT2D eigenvalue weighted by Gasteiger charge is -2.16. The van der Waals surface area contributed by atoms with E-state index in [1.807, 2.05) is 0 Å². The zero-order valence-corrected chi connectivity index (χ0v) is 15.0. The Balaban J connectivity index is 3.20. The Morgan fingerprint density at radius 1 is 0.684 bits per heavy atom. The molecular formula is C16H36O2Si. The fraction of sp³-hybridized carbons (Fsp3) is 1.00. The molecule has 0 rings (SSSR count). The third-order valence-electron chi connectivity index (χ3n) is 3.50. The first-order valence-corrected chi connectivity index (χ1v) is 10.4. The van der Waals surface area contributed by atoms with Crippen molar-refractivity contribution in [1.82, 2.24) is 0 Å². The normalized spacial score (nSPS) is 12.0. The van der Waals surface area contributed by atoms with Gasteiger partial charge in [0.15, 0.2) is 0 Å². The van der Waals surface area contributed by atoms with Crippen molar-refractivity contribution in [2.75, 3.05) is 13.2 Å². The van der Waals surface area contributed by atoms with Crippen LogP contribution in [-0.4, -0.2) is 28.6 Å². The van der Waals surface area contributed by atoms with Gasteiger partial charge < -0.3 is 9.47 Å². The molecule has 0 aliphatic rings. The van der Waals surface area contributed by atoms with E-state index in [4.69, 9.17) is 9.47 Å². The molecule has 0 aromatic rings. The lowest BCUT2D eigenvalue weighted by molar-refractivity contribution is -0.0827. The molecule has 0 spiro atoms. The summed E-state index contributed by atoms with van der Waals surface area (Å²) in [5, 5.41) is 0. The van der Waals surface area contributed by atoms with Crippen molar-refractivity contribution in [3.05, 3.63) is 0 Å². The average molecular weight is 289 g/mol. The van der Waals surface area contributed by atoms with E-state index in [2.05, 4.69) is 20.8 Å². The number of hydrogen-bond acceptors (Lipinski definition) is 2. The Morgan fingerprint density at radius 2 is 1.16 bits per heavy atom. The molecule has 2 nitrogen and oxygen atoms in total. The summed E-state index contributed by atoms with van der Waals surface area (Å²) in [5.41, 5.74) is 0. The van der Waals surface area contributed by atoms with E-state index in [-0.39, 0.29) is 15.4 Å². The topological polar surface area (TPSA) is 18.5 Å². The van der Waals surface area contributed by atoms with Crippen LogP contribution in [0.15, 0.2) is 0 Å². The first kappa shape index (κ1) is 19.1. The van der Waals surface area contributed by atoms with Gasteiger partial charge in [0.1, 0.15) is 5.91 Å². The van der Waals surface area contributed by atoms with E-state index in [9.17, 15) is 0 Å². The molecule has 0 heterocycles. The van der Waals surface area contributed by atoms with Crippen LogP contribution in [0.2, 0.25) is 6.04 Å². The first-order chi connectivity index (χ1) is 9.35. The molecule has 0 amide bonds. The predicted octanol–water partition coefficient (Wildman–Crippen LogP) is 4.46. The van der Waals surface area contributed by atoms with Gasteiger partial charge in [0.25, 0.3) is 0 Å². The van der Waals surface area contributed by atoms with Gasteiger partial charge in [-0.1, -0.05) is 70.8 Å². The second-order valence-electron chi connectivity index (χ2n) is 5.31. The van der Waals surface area contributed by atoms with Gasteiger partial charge in [0.05, 0.1) is 9.52 Å². The Morgan fingerprint density at radius 3 is 1.63 bits per heavy atom. The molecule has 0 fully saturated rings. The zero-order valence-electron chi connectivity index (χ0n) is 13.6. The molecule has 0 N–H and O–H groups in total. The third-order valence-corrected chi connectivity index (χ3v) is 5.35. The molecule has 0 unspecified atom stereocenters. The van der Waals surface area contributed by atoms with Crippen LogP contribution in [0.1, 0.15) is 78.6 Å². The first-order valence-electron chi connectivity index (χ1n) is 8.58. The van der Waals surface area contributed by atoms with Crippen molar-refractivity contribution in [3.8, 4) is 0 Å². The molecule has 0 aromatic heterocycles.